The Hall–Kier alpha value is -1.69. The average Bonchev–Trinajstić information content (AvgIpc) is 3.07. The van der Waals surface area contributed by atoms with Crippen LogP contribution in [0.4, 0.5) is 0 Å². The SMILES string of the molecule is COc1ccccc1CNC(=O)C12CCC(=O)N1CCS2. The highest BCUT2D eigenvalue weighted by Crippen LogP contribution is 2.44. The van der Waals surface area contributed by atoms with E-state index in [1.54, 1.807) is 23.8 Å². The normalized spacial score (nSPS) is 24.0. The number of hydrogen-bond acceptors (Lipinski definition) is 4. The van der Waals surface area contributed by atoms with Gasteiger partial charge in [0.25, 0.3) is 5.91 Å². The number of amides is 2. The zero-order chi connectivity index (χ0) is 14.9. The number of nitrogens with one attached hydrogen (secondary N) is 1. The van der Waals surface area contributed by atoms with Crippen molar-refractivity contribution in [3.63, 3.8) is 0 Å². The molecule has 112 valence electrons. The highest BCUT2D eigenvalue weighted by molar-refractivity contribution is 8.01. The second kappa shape index (κ2) is 5.60. The topological polar surface area (TPSA) is 58.6 Å². The third-order valence-corrected chi connectivity index (χ3v) is 5.53. The highest BCUT2D eigenvalue weighted by atomic mass is 32.2. The van der Waals surface area contributed by atoms with Crippen LogP contribution in [0.25, 0.3) is 0 Å². The first-order chi connectivity index (χ1) is 10.2. The summed E-state index contributed by atoms with van der Waals surface area (Å²) in [7, 11) is 1.61. The Bertz CT molecular complexity index is 578. The molecule has 0 saturated carbocycles. The molecule has 2 aliphatic rings. The third kappa shape index (κ3) is 2.37. The number of carbonyl (C=O) groups excluding carboxylic acids is 2. The van der Waals surface area contributed by atoms with Gasteiger partial charge in [-0.3, -0.25) is 9.59 Å². The van der Waals surface area contributed by atoms with Crippen molar-refractivity contribution in [2.24, 2.45) is 0 Å². The van der Waals surface area contributed by atoms with E-state index in [9.17, 15) is 9.59 Å². The van der Waals surface area contributed by atoms with E-state index in [1.165, 1.54) is 0 Å². The molecule has 0 radical (unpaired) electrons. The number of nitrogens with zero attached hydrogens (tertiary/aromatic N) is 1. The third-order valence-electron chi connectivity index (χ3n) is 4.06. The molecule has 1 aromatic carbocycles. The monoisotopic (exact) mass is 306 g/mol. The largest absolute Gasteiger partial charge is 0.496 e. The molecule has 5 nitrogen and oxygen atoms in total. The van der Waals surface area contributed by atoms with Crippen molar-refractivity contribution >= 4 is 23.6 Å². The molecule has 1 N–H and O–H groups in total. The lowest BCUT2D eigenvalue weighted by Gasteiger charge is -2.29. The predicted molar refractivity (Wildman–Crippen MR) is 81.0 cm³/mol. The molecular formula is C15H18N2O3S. The summed E-state index contributed by atoms with van der Waals surface area (Å²) in [5.74, 6) is 1.61. The van der Waals surface area contributed by atoms with Gasteiger partial charge in [0.15, 0.2) is 4.87 Å². The summed E-state index contributed by atoms with van der Waals surface area (Å²) in [6, 6.07) is 7.61. The number of ether oxygens (including phenoxy) is 1. The van der Waals surface area contributed by atoms with Crippen LogP contribution in [0.5, 0.6) is 5.75 Å². The first-order valence-corrected chi connectivity index (χ1v) is 8.00. The number of fused-ring (bicyclic) bond motifs is 1. The van der Waals surface area contributed by atoms with E-state index in [4.69, 9.17) is 4.74 Å². The van der Waals surface area contributed by atoms with E-state index >= 15 is 0 Å². The fourth-order valence-electron chi connectivity index (χ4n) is 2.97. The molecule has 0 aromatic heterocycles. The van der Waals surface area contributed by atoms with Crippen LogP contribution in [0.1, 0.15) is 18.4 Å². The molecule has 0 spiro atoms. The van der Waals surface area contributed by atoms with E-state index in [-0.39, 0.29) is 11.8 Å². The number of rotatable bonds is 4. The van der Waals surface area contributed by atoms with Gasteiger partial charge in [-0.1, -0.05) is 18.2 Å². The first kappa shape index (κ1) is 14.3. The van der Waals surface area contributed by atoms with Crippen LogP contribution >= 0.6 is 11.8 Å². The number of thioether (sulfide) groups is 1. The Kier molecular flexibility index (Phi) is 3.80. The van der Waals surface area contributed by atoms with Gasteiger partial charge in [0.1, 0.15) is 5.75 Å². The summed E-state index contributed by atoms with van der Waals surface area (Å²) in [5.41, 5.74) is 0.934. The van der Waals surface area contributed by atoms with Gasteiger partial charge < -0.3 is 15.0 Å². The van der Waals surface area contributed by atoms with E-state index in [1.807, 2.05) is 24.3 Å². The van der Waals surface area contributed by atoms with Crippen LogP contribution < -0.4 is 10.1 Å². The van der Waals surface area contributed by atoms with Crippen molar-refractivity contribution < 1.29 is 14.3 Å². The first-order valence-electron chi connectivity index (χ1n) is 7.02. The minimum Gasteiger partial charge on any atom is -0.496 e. The Morgan fingerprint density at radius 1 is 1.48 bits per heavy atom. The lowest BCUT2D eigenvalue weighted by molar-refractivity contribution is -0.135. The molecule has 1 unspecified atom stereocenters. The number of hydrogen-bond donors (Lipinski definition) is 1. The van der Waals surface area contributed by atoms with Gasteiger partial charge >= 0.3 is 0 Å². The zero-order valence-electron chi connectivity index (χ0n) is 11.9. The Labute approximate surface area is 128 Å². The Balaban J connectivity index is 1.71. The average molecular weight is 306 g/mol. The Morgan fingerprint density at radius 3 is 3.10 bits per heavy atom. The van der Waals surface area contributed by atoms with Gasteiger partial charge in [-0.15, -0.1) is 11.8 Å². The Morgan fingerprint density at radius 2 is 2.29 bits per heavy atom. The second-order valence-electron chi connectivity index (χ2n) is 5.17. The van der Waals surface area contributed by atoms with Crippen LogP contribution in [-0.4, -0.2) is 41.0 Å². The molecule has 2 aliphatic heterocycles. The lowest BCUT2D eigenvalue weighted by atomic mass is 10.1. The summed E-state index contributed by atoms with van der Waals surface area (Å²) in [6.45, 7) is 1.08. The van der Waals surface area contributed by atoms with Crippen molar-refractivity contribution in [1.82, 2.24) is 10.2 Å². The second-order valence-corrected chi connectivity index (χ2v) is 6.55. The molecule has 0 bridgehead atoms. The summed E-state index contributed by atoms with van der Waals surface area (Å²) in [6.07, 6.45) is 1.07. The maximum atomic E-state index is 12.6. The van der Waals surface area contributed by atoms with E-state index in [0.717, 1.165) is 17.1 Å². The van der Waals surface area contributed by atoms with E-state index in [0.29, 0.717) is 25.9 Å². The van der Waals surface area contributed by atoms with Gasteiger partial charge in [0.2, 0.25) is 5.91 Å². The van der Waals surface area contributed by atoms with Crippen molar-refractivity contribution in [3.05, 3.63) is 29.8 Å². The van der Waals surface area contributed by atoms with Gasteiger partial charge in [-0.25, -0.2) is 0 Å². The van der Waals surface area contributed by atoms with Crippen LogP contribution in [0.3, 0.4) is 0 Å². The molecule has 2 heterocycles. The standard InChI is InChI=1S/C15H18N2O3S/c1-20-12-5-3-2-4-11(12)10-16-14(19)15-7-6-13(18)17(15)8-9-21-15/h2-5H,6-10H2,1H3,(H,16,19). The number of para-hydroxylation sites is 1. The maximum Gasteiger partial charge on any atom is 0.256 e. The molecule has 1 atom stereocenters. The predicted octanol–water partition coefficient (Wildman–Crippen LogP) is 1.38. The molecule has 2 amide bonds. The summed E-state index contributed by atoms with van der Waals surface area (Å²) in [5, 5.41) is 2.96. The highest BCUT2D eigenvalue weighted by Gasteiger charge is 2.54. The van der Waals surface area contributed by atoms with Gasteiger partial charge in [0.05, 0.1) is 7.11 Å². The van der Waals surface area contributed by atoms with Gasteiger partial charge in [0, 0.05) is 30.8 Å². The summed E-state index contributed by atoms with van der Waals surface area (Å²) < 4.78 is 5.28. The minimum absolute atomic E-state index is 0.0678. The van der Waals surface area contributed by atoms with E-state index in [2.05, 4.69) is 5.32 Å². The number of carbonyl (C=O) groups is 2. The lowest BCUT2D eigenvalue weighted by Crippen LogP contribution is -2.50. The fraction of sp³-hybridized carbons (Fsp3) is 0.467. The molecule has 2 saturated heterocycles. The van der Waals surface area contributed by atoms with Crippen LogP contribution in [0.15, 0.2) is 24.3 Å². The molecule has 6 heteroatoms. The number of methoxy groups -OCH3 is 1. The summed E-state index contributed by atoms with van der Waals surface area (Å²) >= 11 is 1.58. The molecule has 0 aliphatic carbocycles. The quantitative estimate of drug-likeness (QED) is 0.913. The van der Waals surface area contributed by atoms with Crippen LogP contribution in [0, 0.1) is 0 Å². The molecular weight excluding hydrogens is 288 g/mol. The van der Waals surface area contributed by atoms with Crippen molar-refractivity contribution in [2.45, 2.75) is 24.3 Å². The fourth-order valence-corrected chi connectivity index (χ4v) is 4.38. The van der Waals surface area contributed by atoms with Gasteiger partial charge in [-0.2, -0.15) is 0 Å². The number of benzene rings is 1. The minimum atomic E-state index is -0.681. The van der Waals surface area contributed by atoms with Crippen molar-refractivity contribution in [3.8, 4) is 5.75 Å². The molecule has 2 fully saturated rings. The van der Waals surface area contributed by atoms with Crippen molar-refractivity contribution in [2.75, 3.05) is 19.4 Å². The smallest absolute Gasteiger partial charge is 0.256 e. The molecule has 3 rings (SSSR count). The zero-order valence-corrected chi connectivity index (χ0v) is 12.7. The van der Waals surface area contributed by atoms with Crippen LogP contribution in [-0.2, 0) is 16.1 Å². The maximum absolute atomic E-state index is 12.6. The molecule has 21 heavy (non-hydrogen) atoms. The molecule has 1 aromatic rings. The van der Waals surface area contributed by atoms with Crippen LogP contribution in [0.2, 0.25) is 0 Å². The summed E-state index contributed by atoms with van der Waals surface area (Å²) in [4.78, 5) is 25.5. The van der Waals surface area contributed by atoms with Gasteiger partial charge in [-0.05, 0) is 12.5 Å². The van der Waals surface area contributed by atoms with Crippen molar-refractivity contribution in [1.29, 1.82) is 0 Å². The van der Waals surface area contributed by atoms with E-state index < -0.39 is 4.87 Å².